The molecular weight excluding hydrogens is 370 g/mol. The van der Waals surface area contributed by atoms with Crippen LogP contribution in [0.15, 0.2) is 83.3 Å². The summed E-state index contributed by atoms with van der Waals surface area (Å²) in [5, 5.41) is 10.4. The third-order valence-corrected chi connectivity index (χ3v) is 4.06. The van der Waals surface area contributed by atoms with E-state index in [1.54, 1.807) is 55.6 Å². The molecule has 0 aliphatic rings. The minimum atomic E-state index is -0.381. The predicted molar refractivity (Wildman–Crippen MR) is 107 cm³/mol. The molecule has 0 saturated heterocycles. The van der Waals surface area contributed by atoms with E-state index in [1.807, 2.05) is 30.3 Å². The molecule has 0 radical (unpaired) electrons. The Morgan fingerprint density at radius 3 is 2.38 bits per heavy atom. The van der Waals surface area contributed by atoms with E-state index in [0.717, 1.165) is 11.3 Å². The van der Waals surface area contributed by atoms with Crippen LogP contribution in [0, 0.1) is 0 Å². The smallest absolute Gasteiger partial charge is 0.322 e. The molecule has 1 aromatic heterocycles. The molecule has 7 heteroatoms. The maximum Gasteiger partial charge on any atom is 0.322 e. The first kappa shape index (κ1) is 18.2. The molecule has 29 heavy (non-hydrogen) atoms. The van der Waals surface area contributed by atoms with Crippen molar-refractivity contribution in [3.63, 3.8) is 0 Å². The molecule has 0 atom stereocenters. The molecule has 4 rings (SSSR count). The second-order valence-electron chi connectivity index (χ2n) is 6.04. The van der Waals surface area contributed by atoms with Gasteiger partial charge in [-0.25, -0.2) is 0 Å². The standard InChI is InChI=1S/C22H17N3O4/c1-27-17-12-10-15(11-13-17)21-24-25-22(29-21)23-20(26)16-6-5-9-19(14-16)28-18-7-3-2-4-8-18/h2-14H,1H3,(H,23,25,26). The van der Waals surface area contributed by atoms with Gasteiger partial charge >= 0.3 is 6.01 Å². The number of carbonyl (C=O) groups is 1. The number of hydrogen-bond acceptors (Lipinski definition) is 6. The highest BCUT2D eigenvalue weighted by molar-refractivity contribution is 6.03. The van der Waals surface area contributed by atoms with Crippen molar-refractivity contribution in [1.82, 2.24) is 10.2 Å². The highest BCUT2D eigenvalue weighted by atomic mass is 16.5. The molecule has 0 bridgehead atoms. The average Bonchev–Trinajstić information content (AvgIpc) is 3.23. The molecule has 0 aliphatic heterocycles. The van der Waals surface area contributed by atoms with Crippen molar-refractivity contribution >= 4 is 11.9 Å². The number of nitrogens with zero attached hydrogens (tertiary/aromatic N) is 2. The van der Waals surface area contributed by atoms with E-state index in [2.05, 4.69) is 15.5 Å². The van der Waals surface area contributed by atoms with Gasteiger partial charge in [-0.2, -0.15) is 0 Å². The van der Waals surface area contributed by atoms with Crippen molar-refractivity contribution in [2.75, 3.05) is 12.4 Å². The van der Waals surface area contributed by atoms with E-state index >= 15 is 0 Å². The van der Waals surface area contributed by atoms with Crippen molar-refractivity contribution in [3.05, 3.63) is 84.4 Å². The number of benzene rings is 3. The molecule has 0 aliphatic carbocycles. The largest absolute Gasteiger partial charge is 0.497 e. The van der Waals surface area contributed by atoms with Crippen LogP contribution < -0.4 is 14.8 Å². The predicted octanol–water partition coefficient (Wildman–Crippen LogP) is 4.79. The van der Waals surface area contributed by atoms with Crippen LogP contribution in [0.5, 0.6) is 17.2 Å². The fourth-order valence-electron chi connectivity index (χ4n) is 2.62. The number of carbonyl (C=O) groups excluding carboxylic acids is 1. The van der Waals surface area contributed by atoms with Gasteiger partial charge in [0, 0.05) is 11.1 Å². The lowest BCUT2D eigenvalue weighted by atomic mass is 10.2. The van der Waals surface area contributed by atoms with Crippen molar-refractivity contribution in [2.45, 2.75) is 0 Å². The number of amides is 1. The highest BCUT2D eigenvalue weighted by Gasteiger charge is 2.13. The van der Waals surface area contributed by atoms with E-state index in [1.165, 1.54) is 0 Å². The molecule has 0 fully saturated rings. The molecule has 3 aromatic carbocycles. The zero-order valence-corrected chi connectivity index (χ0v) is 15.5. The van der Waals surface area contributed by atoms with E-state index in [9.17, 15) is 4.79 Å². The van der Waals surface area contributed by atoms with Gasteiger partial charge in [0.2, 0.25) is 5.89 Å². The summed E-state index contributed by atoms with van der Waals surface area (Å²) in [5.74, 6) is 1.87. The molecule has 7 nitrogen and oxygen atoms in total. The van der Waals surface area contributed by atoms with Gasteiger partial charge in [0.05, 0.1) is 7.11 Å². The minimum Gasteiger partial charge on any atom is -0.497 e. The molecule has 0 saturated carbocycles. The van der Waals surface area contributed by atoms with Gasteiger partial charge in [0.15, 0.2) is 0 Å². The number of para-hydroxylation sites is 1. The molecule has 144 valence electrons. The van der Waals surface area contributed by atoms with Crippen LogP contribution in [-0.4, -0.2) is 23.2 Å². The molecule has 1 heterocycles. The molecular formula is C22H17N3O4. The second kappa shape index (κ2) is 8.26. The van der Waals surface area contributed by atoms with Gasteiger partial charge in [-0.05, 0) is 54.6 Å². The Morgan fingerprint density at radius 1 is 0.862 bits per heavy atom. The summed E-state index contributed by atoms with van der Waals surface area (Å²) in [6.07, 6.45) is 0. The number of nitrogens with one attached hydrogen (secondary N) is 1. The number of rotatable bonds is 6. The third kappa shape index (κ3) is 4.41. The van der Waals surface area contributed by atoms with E-state index in [0.29, 0.717) is 23.0 Å². The fraction of sp³-hybridized carbons (Fsp3) is 0.0455. The number of aromatic nitrogens is 2. The Kier molecular flexibility index (Phi) is 5.20. The Bertz CT molecular complexity index is 1110. The summed E-state index contributed by atoms with van der Waals surface area (Å²) in [6, 6.07) is 23.3. The van der Waals surface area contributed by atoms with E-state index in [-0.39, 0.29) is 11.9 Å². The maximum absolute atomic E-state index is 12.5. The van der Waals surface area contributed by atoms with Crippen LogP contribution in [0.3, 0.4) is 0 Å². The van der Waals surface area contributed by atoms with Crippen molar-refractivity contribution in [1.29, 1.82) is 0 Å². The van der Waals surface area contributed by atoms with Crippen LogP contribution in [0.4, 0.5) is 6.01 Å². The lowest BCUT2D eigenvalue weighted by molar-refractivity contribution is 0.102. The van der Waals surface area contributed by atoms with Crippen molar-refractivity contribution in [2.24, 2.45) is 0 Å². The lowest BCUT2D eigenvalue weighted by Gasteiger charge is -2.07. The van der Waals surface area contributed by atoms with Gasteiger partial charge in [-0.15, -0.1) is 5.10 Å². The number of anilines is 1. The number of hydrogen-bond donors (Lipinski definition) is 1. The molecule has 0 spiro atoms. The zero-order valence-electron chi connectivity index (χ0n) is 15.5. The van der Waals surface area contributed by atoms with Gasteiger partial charge in [-0.1, -0.05) is 29.4 Å². The highest BCUT2D eigenvalue weighted by Crippen LogP contribution is 2.24. The summed E-state index contributed by atoms with van der Waals surface area (Å²) in [6.45, 7) is 0. The summed E-state index contributed by atoms with van der Waals surface area (Å²) in [4.78, 5) is 12.5. The van der Waals surface area contributed by atoms with Crippen molar-refractivity contribution < 1.29 is 18.7 Å². The fourth-order valence-corrected chi connectivity index (χ4v) is 2.62. The van der Waals surface area contributed by atoms with Gasteiger partial charge in [-0.3, -0.25) is 10.1 Å². The number of ether oxygens (including phenoxy) is 2. The number of methoxy groups -OCH3 is 1. The van der Waals surface area contributed by atoms with Crippen LogP contribution in [0.25, 0.3) is 11.5 Å². The molecule has 4 aromatic rings. The van der Waals surface area contributed by atoms with Gasteiger partial charge in [0.25, 0.3) is 5.91 Å². The Labute approximate surface area is 166 Å². The second-order valence-corrected chi connectivity index (χ2v) is 6.04. The molecule has 0 unspecified atom stereocenters. The third-order valence-electron chi connectivity index (χ3n) is 4.06. The summed E-state index contributed by atoms with van der Waals surface area (Å²) in [7, 11) is 1.59. The first-order valence-corrected chi connectivity index (χ1v) is 8.83. The first-order valence-electron chi connectivity index (χ1n) is 8.83. The SMILES string of the molecule is COc1ccc(-c2nnc(NC(=O)c3cccc(Oc4ccccc4)c3)o2)cc1. The summed E-state index contributed by atoms with van der Waals surface area (Å²) < 4.78 is 16.4. The monoisotopic (exact) mass is 387 g/mol. The van der Waals surface area contributed by atoms with E-state index < -0.39 is 0 Å². The Hall–Kier alpha value is -4.13. The van der Waals surface area contributed by atoms with Crippen LogP contribution >= 0.6 is 0 Å². The van der Waals surface area contributed by atoms with Crippen LogP contribution in [-0.2, 0) is 0 Å². The van der Waals surface area contributed by atoms with Crippen LogP contribution in [0.2, 0.25) is 0 Å². The van der Waals surface area contributed by atoms with Crippen molar-refractivity contribution in [3.8, 4) is 28.7 Å². The minimum absolute atomic E-state index is 0.00944. The lowest BCUT2D eigenvalue weighted by Crippen LogP contribution is -2.12. The molecule has 1 amide bonds. The Morgan fingerprint density at radius 2 is 1.62 bits per heavy atom. The maximum atomic E-state index is 12.5. The van der Waals surface area contributed by atoms with Gasteiger partial charge in [0.1, 0.15) is 17.2 Å². The molecule has 1 N–H and O–H groups in total. The quantitative estimate of drug-likeness (QED) is 0.512. The first-order chi connectivity index (χ1) is 14.2. The van der Waals surface area contributed by atoms with Crippen LogP contribution in [0.1, 0.15) is 10.4 Å². The summed E-state index contributed by atoms with van der Waals surface area (Å²) >= 11 is 0. The van der Waals surface area contributed by atoms with Gasteiger partial charge < -0.3 is 13.9 Å². The zero-order chi connectivity index (χ0) is 20.1. The average molecular weight is 387 g/mol. The Balaban J connectivity index is 1.45. The van der Waals surface area contributed by atoms with E-state index in [4.69, 9.17) is 13.9 Å². The summed E-state index contributed by atoms with van der Waals surface area (Å²) in [5.41, 5.74) is 1.12. The topological polar surface area (TPSA) is 86.5 Å². The normalized spacial score (nSPS) is 10.4.